The third-order valence-corrected chi connectivity index (χ3v) is 5.67. The van der Waals surface area contributed by atoms with Crippen molar-refractivity contribution in [1.82, 2.24) is 4.31 Å². The molecule has 1 aliphatic heterocycles. The van der Waals surface area contributed by atoms with Crippen molar-refractivity contribution < 1.29 is 17.5 Å². The summed E-state index contributed by atoms with van der Waals surface area (Å²) >= 11 is 5.84. The Morgan fingerprint density at radius 1 is 1.50 bits per heavy atom. The Morgan fingerprint density at radius 3 is 2.85 bits per heavy atom. The quantitative estimate of drug-likeness (QED) is 0.862. The highest BCUT2D eigenvalue weighted by atomic mass is 35.5. The average molecular weight is 323 g/mol. The van der Waals surface area contributed by atoms with Gasteiger partial charge in [-0.2, -0.15) is 4.31 Å². The molecule has 0 radical (unpaired) electrons. The van der Waals surface area contributed by atoms with Gasteiger partial charge in [-0.15, -0.1) is 0 Å². The zero-order valence-corrected chi connectivity index (χ0v) is 12.5. The third-order valence-electron chi connectivity index (χ3n) is 3.34. The molecular weight excluding hydrogens is 307 g/mol. The summed E-state index contributed by atoms with van der Waals surface area (Å²) in [6.45, 7) is 0.641. The van der Waals surface area contributed by atoms with Crippen LogP contribution in [0.2, 0.25) is 5.02 Å². The van der Waals surface area contributed by atoms with Crippen molar-refractivity contribution >= 4 is 27.3 Å². The Bertz CT molecular complexity index is 609. The van der Waals surface area contributed by atoms with Crippen LogP contribution < -0.4 is 5.73 Å². The van der Waals surface area contributed by atoms with Crippen LogP contribution in [0.1, 0.15) is 12.8 Å². The number of benzene rings is 1. The van der Waals surface area contributed by atoms with E-state index in [1.54, 1.807) is 7.11 Å². The Balaban J connectivity index is 2.37. The van der Waals surface area contributed by atoms with Crippen LogP contribution in [0.15, 0.2) is 17.0 Å². The van der Waals surface area contributed by atoms with Crippen LogP contribution in [0.3, 0.4) is 0 Å². The molecule has 2 N–H and O–H groups in total. The summed E-state index contributed by atoms with van der Waals surface area (Å²) in [6.07, 6.45) is 1.36. The average Bonchev–Trinajstić information content (AvgIpc) is 2.42. The first-order valence-electron chi connectivity index (χ1n) is 6.13. The zero-order valence-electron chi connectivity index (χ0n) is 11.0. The molecule has 0 saturated carbocycles. The predicted molar refractivity (Wildman–Crippen MR) is 74.6 cm³/mol. The van der Waals surface area contributed by atoms with E-state index in [1.807, 2.05) is 0 Å². The highest BCUT2D eigenvalue weighted by Crippen LogP contribution is 2.30. The first-order chi connectivity index (χ1) is 9.36. The van der Waals surface area contributed by atoms with E-state index in [1.165, 1.54) is 4.31 Å². The van der Waals surface area contributed by atoms with Gasteiger partial charge in [0.05, 0.1) is 16.8 Å². The van der Waals surface area contributed by atoms with E-state index in [4.69, 9.17) is 22.1 Å². The molecule has 0 aliphatic carbocycles. The lowest BCUT2D eigenvalue weighted by molar-refractivity contribution is 0.0572. The lowest BCUT2D eigenvalue weighted by atomic mass is 10.1. The maximum absolute atomic E-state index is 13.3. The summed E-state index contributed by atoms with van der Waals surface area (Å²) in [5, 5.41) is -0.170. The maximum atomic E-state index is 13.3. The number of anilines is 1. The van der Waals surface area contributed by atoms with E-state index in [0.717, 1.165) is 18.6 Å². The van der Waals surface area contributed by atoms with Gasteiger partial charge in [-0.25, -0.2) is 12.8 Å². The van der Waals surface area contributed by atoms with Crippen LogP contribution >= 0.6 is 11.6 Å². The second-order valence-electron chi connectivity index (χ2n) is 4.67. The van der Waals surface area contributed by atoms with Gasteiger partial charge in [0.25, 0.3) is 0 Å². The van der Waals surface area contributed by atoms with E-state index in [-0.39, 0.29) is 28.3 Å². The molecule has 0 spiro atoms. The SMILES string of the molecule is COC1CCCN(S(=O)(=O)c2cc(N)c(F)cc2Cl)C1. The largest absolute Gasteiger partial charge is 0.396 e. The number of rotatable bonds is 3. The molecule has 0 aromatic heterocycles. The molecule has 1 aromatic rings. The molecule has 1 aromatic carbocycles. The number of hydrogen-bond donors (Lipinski definition) is 1. The molecule has 0 bridgehead atoms. The maximum Gasteiger partial charge on any atom is 0.244 e. The van der Waals surface area contributed by atoms with Gasteiger partial charge >= 0.3 is 0 Å². The monoisotopic (exact) mass is 322 g/mol. The fourth-order valence-electron chi connectivity index (χ4n) is 2.20. The normalized spacial score (nSPS) is 21.1. The highest BCUT2D eigenvalue weighted by molar-refractivity contribution is 7.89. The molecule has 1 unspecified atom stereocenters. The number of ether oxygens (including phenoxy) is 1. The molecule has 112 valence electrons. The van der Waals surface area contributed by atoms with Crippen LogP contribution in [0.4, 0.5) is 10.1 Å². The minimum absolute atomic E-state index is 0.143. The number of sulfonamides is 1. The number of halogens is 2. The van der Waals surface area contributed by atoms with Gasteiger partial charge in [0.1, 0.15) is 10.7 Å². The molecule has 20 heavy (non-hydrogen) atoms. The fourth-order valence-corrected chi connectivity index (χ4v) is 4.23. The summed E-state index contributed by atoms with van der Waals surface area (Å²) in [5.41, 5.74) is 5.19. The number of piperidine rings is 1. The number of hydrogen-bond acceptors (Lipinski definition) is 4. The van der Waals surface area contributed by atoms with Crippen molar-refractivity contribution in [3.8, 4) is 0 Å². The molecule has 1 heterocycles. The molecule has 5 nitrogen and oxygen atoms in total. The van der Waals surface area contributed by atoms with Crippen LogP contribution in [0.25, 0.3) is 0 Å². The van der Waals surface area contributed by atoms with Crippen molar-refractivity contribution in [2.75, 3.05) is 25.9 Å². The molecule has 1 fully saturated rings. The number of methoxy groups -OCH3 is 1. The smallest absolute Gasteiger partial charge is 0.244 e. The molecule has 1 saturated heterocycles. The lowest BCUT2D eigenvalue weighted by Gasteiger charge is -2.31. The Hall–Kier alpha value is -0.890. The minimum atomic E-state index is -3.80. The topological polar surface area (TPSA) is 72.6 Å². The summed E-state index contributed by atoms with van der Waals surface area (Å²) < 4.78 is 44.8. The van der Waals surface area contributed by atoms with E-state index in [9.17, 15) is 12.8 Å². The Morgan fingerprint density at radius 2 is 2.20 bits per heavy atom. The van der Waals surface area contributed by atoms with Gasteiger partial charge in [-0.3, -0.25) is 0 Å². The van der Waals surface area contributed by atoms with Gasteiger partial charge in [0, 0.05) is 20.2 Å². The molecule has 0 amide bonds. The van der Waals surface area contributed by atoms with E-state index >= 15 is 0 Å². The standard InChI is InChI=1S/C12H16ClFN2O3S/c1-19-8-3-2-4-16(7-8)20(17,18)12-6-11(15)10(14)5-9(12)13/h5-6,8H,2-4,7,15H2,1H3. The van der Waals surface area contributed by atoms with E-state index < -0.39 is 15.8 Å². The van der Waals surface area contributed by atoms with Crippen LogP contribution in [0.5, 0.6) is 0 Å². The van der Waals surface area contributed by atoms with Crippen LogP contribution in [0, 0.1) is 5.82 Å². The van der Waals surface area contributed by atoms with Crippen molar-refractivity contribution in [2.45, 2.75) is 23.8 Å². The van der Waals surface area contributed by atoms with E-state index in [0.29, 0.717) is 13.0 Å². The fraction of sp³-hybridized carbons (Fsp3) is 0.500. The van der Waals surface area contributed by atoms with Crippen LogP contribution in [-0.4, -0.2) is 39.0 Å². The summed E-state index contributed by atoms with van der Waals surface area (Å²) in [7, 11) is -2.25. The lowest BCUT2D eigenvalue weighted by Crippen LogP contribution is -2.42. The van der Waals surface area contributed by atoms with Crippen LogP contribution in [-0.2, 0) is 14.8 Å². The third kappa shape index (κ3) is 2.90. The van der Waals surface area contributed by atoms with Gasteiger partial charge in [0.2, 0.25) is 10.0 Å². The number of nitrogens with zero attached hydrogens (tertiary/aromatic N) is 1. The molecule has 2 rings (SSSR count). The molecule has 8 heteroatoms. The second kappa shape index (κ2) is 5.85. The summed E-state index contributed by atoms with van der Waals surface area (Å²) in [6, 6.07) is 1.98. The van der Waals surface area contributed by atoms with Crippen molar-refractivity contribution in [3.63, 3.8) is 0 Å². The van der Waals surface area contributed by atoms with Gasteiger partial charge in [0.15, 0.2) is 0 Å². The van der Waals surface area contributed by atoms with Gasteiger partial charge in [-0.1, -0.05) is 11.6 Å². The highest BCUT2D eigenvalue weighted by Gasteiger charge is 2.32. The summed E-state index contributed by atoms with van der Waals surface area (Å²) in [5.74, 6) is -0.734. The molecular formula is C12H16ClFN2O3S. The number of nitrogen functional groups attached to an aromatic ring is 1. The predicted octanol–water partition coefficient (Wildman–Crippen LogP) is 1.86. The summed E-state index contributed by atoms with van der Waals surface area (Å²) in [4.78, 5) is -0.171. The first kappa shape index (κ1) is 15.5. The molecule has 1 atom stereocenters. The zero-order chi connectivity index (χ0) is 14.9. The van der Waals surface area contributed by atoms with Crippen molar-refractivity contribution in [3.05, 3.63) is 23.0 Å². The van der Waals surface area contributed by atoms with Gasteiger partial charge < -0.3 is 10.5 Å². The minimum Gasteiger partial charge on any atom is -0.396 e. The van der Waals surface area contributed by atoms with Crippen molar-refractivity contribution in [2.24, 2.45) is 0 Å². The Kier molecular flexibility index (Phi) is 4.53. The Labute approximate surface area is 122 Å². The van der Waals surface area contributed by atoms with Gasteiger partial charge in [-0.05, 0) is 25.0 Å². The van der Waals surface area contributed by atoms with E-state index in [2.05, 4.69) is 0 Å². The number of nitrogens with two attached hydrogens (primary N) is 1. The molecule has 1 aliphatic rings. The first-order valence-corrected chi connectivity index (χ1v) is 7.95. The second-order valence-corrected chi connectivity index (χ2v) is 6.98. The van der Waals surface area contributed by atoms with Crippen molar-refractivity contribution in [1.29, 1.82) is 0 Å².